The molecule has 8 saturated carbocycles. The van der Waals surface area contributed by atoms with E-state index in [9.17, 15) is 10.2 Å². The van der Waals surface area contributed by atoms with Crippen LogP contribution in [0.2, 0.25) is 0 Å². The zero-order chi connectivity index (χ0) is 106. The van der Waals surface area contributed by atoms with Crippen molar-refractivity contribution < 1.29 is 176 Å². The van der Waals surface area contributed by atoms with Crippen LogP contribution < -0.4 is 10.6 Å². The van der Waals surface area contributed by atoms with E-state index in [0.717, 1.165) is 51.4 Å². The molecule has 4 N–H and O–H groups in total. The first-order valence-corrected chi connectivity index (χ1v) is 55.4. The minimum atomic E-state index is -1.35. The summed E-state index contributed by atoms with van der Waals surface area (Å²) < 4.78 is 223. The quantitative estimate of drug-likeness (QED) is 0.0458. The van der Waals surface area contributed by atoms with Crippen LogP contribution in [0.1, 0.15) is 183 Å². The Kier molecular flexibility index (Phi) is 41.7. The molecule has 39 heteroatoms. The van der Waals surface area contributed by atoms with Crippen LogP contribution in [-0.2, 0) is 166 Å². The Bertz CT molecular complexity index is 3900. The standard InChI is InChI=1S/C109H186N2O37/c1-55(63-32-34-65-61-30-28-57-46-59(112)38-42-106(57,3)67(61)40-44-108(63,65)5)26-36-76(114)110-48-69-78-85(121-12)93(129-20)100(136-69)145-81-72(51-117-8)140-104(97(133-24)88(81)124-15)148-84-75(54-120-11)141-105(98(134-25)91(84)127-18)147-83-74(53-119-10)138-102(95(131-22)90(83)126-17)143-79-70(49-111-77(115)37-27-56(2)64-33-35-66-62-31-29-58-47-60(113)39-43-107(58,4)68(62)41-45-109(64,66)6)135-99(92(128-19)86(79)122-13)144-80-71(50-116-7)139-103(96(132-23)87(80)123-14)146-82-73(52-118-9)137-101(142-78)94(130-21)89(82)125-16/h55-75,78-105,112-113H,26-54H2,1-25H3,(H,110,114)(H,111,115)/t55-,56-,57?,58?,59-,60-,61+,62+,63?,64?,65+,66+,67+,68+,69-,70-,71-,72-,73-,74-,75-,78-,79-,80-,81-,82-,83-,84-,85+,86+,87+,88+,89+,90+,91+,92-,93-,94-,95-,96-,97-,98-,99-,100-,101-,102-,103-,104-,105-,106+,107+,108-,109-/m1/s1. The zero-order valence-electron chi connectivity index (χ0n) is 93.0. The fourth-order valence-corrected chi connectivity index (χ4v) is 32.7. The minimum absolute atomic E-state index is 0.0789. The predicted octanol–water partition coefficient (Wildman–Crippen LogP) is 8.32. The molecule has 0 radical (unpaired) electrons. The number of aliphatic hydroxyl groups excluding tert-OH is 2. The SMILES string of the molecule is COC[C@H]1O[C@@H]2O[C@H]3[C@H](OC)[C@@H](OC)[C@@H](O[C@H]4[C@H](OC)[C@@H](OC)[C@@H](O[C@H]5[C@H](OC)[C@@H](OC)[C@@H](O[C@H]6[C@H](OC)[C@@H](OC)[C@@H](O[C@H]7[C@H](OC)[C@@H](OC)[C@@H](O[C@H]8[C@H](OC)[C@@H](OC)[C@@H](O[C@H]1[C@H](OC)[C@H]2OC)O[C@@H]8CNC(=O)CC[C@@H](C)C1CC[C@H]2[C@@H]8CCC9C[C@H](O)CC[C@]9(C)[C@H]8CC[C@]12C)O[C@@H]7COC)O[C@@H]6COC)O[C@@H]5COC)O[C@@H]4CNC(=O)CC[C@@H](C)C1CC[C@H]2[C@@H]4CCC5C[C@H](O)CC[C@]5(C)[C@H]4CC[C@]12C)O[C@@H]3COC. The maximum absolute atomic E-state index is 15.1. The molecule has 0 aromatic carbocycles. The molecule has 29 rings (SSSR count). The molecule has 148 heavy (non-hydrogen) atoms. The van der Waals surface area contributed by atoms with Crippen molar-refractivity contribution in [2.24, 2.45) is 92.7 Å². The van der Waals surface area contributed by atoms with Crippen LogP contribution in [0, 0.1) is 92.7 Å². The molecule has 0 aromatic heterocycles. The fourth-order valence-electron chi connectivity index (χ4n) is 32.7. The van der Waals surface area contributed by atoms with Gasteiger partial charge in [0.05, 0.1) is 45.2 Å². The van der Waals surface area contributed by atoms with Crippen LogP contribution in [0.4, 0.5) is 0 Å². The van der Waals surface area contributed by atoms with Crippen LogP contribution in [0.5, 0.6) is 0 Å². The van der Waals surface area contributed by atoms with Gasteiger partial charge in [0.2, 0.25) is 11.8 Å². The fraction of sp³-hybridized carbons (Fsp3) is 0.982. The number of aliphatic hydroxyl groups is 2. The summed E-state index contributed by atoms with van der Waals surface area (Å²) in [6.07, 6.45) is -17.9. The number of methoxy groups -OCH3 is 19. The summed E-state index contributed by atoms with van der Waals surface area (Å²) in [5.74, 6) is 6.10. The predicted molar refractivity (Wildman–Crippen MR) is 531 cm³/mol. The van der Waals surface area contributed by atoms with Crippen LogP contribution in [0.3, 0.4) is 0 Å². The summed E-state index contributed by atoms with van der Waals surface area (Å²) in [6, 6.07) is 0. The van der Waals surface area contributed by atoms with Gasteiger partial charge in [0.1, 0.15) is 171 Å². The molecular formula is C109H186N2O37. The summed E-state index contributed by atoms with van der Waals surface area (Å²) in [7, 11) is 29.0. The second-order valence-electron chi connectivity index (χ2n) is 46.9. The van der Waals surface area contributed by atoms with Gasteiger partial charge in [-0.15, -0.1) is 0 Å². The molecule has 39 nitrogen and oxygen atoms in total. The Morgan fingerprint density at radius 1 is 0.270 bits per heavy atom. The second-order valence-corrected chi connectivity index (χ2v) is 46.9. The van der Waals surface area contributed by atoms with Crippen LogP contribution in [-0.4, -0.2) is 430 Å². The number of nitrogens with one attached hydrogen (secondary N) is 2. The number of fused-ring (bicyclic) bond motifs is 10. The number of rotatable bonds is 36. The van der Waals surface area contributed by atoms with E-state index in [2.05, 4.69) is 52.2 Å². The van der Waals surface area contributed by atoms with E-state index in [1.54, 1.807) is 0 Å². The highest BCUT2D eigenvalue weighted by Gasteiger charge is 2.68. The number of hydrogen-bond acceptors (Lipinski definition) is 37. The van der Waals surface area contributed by atoms with E-state index < -0.39 is 215 Å². The van der Waals surface area contributed by atoms with Gasteiger partial charge in [0.15, 0.2) is 44.0 Å². The number of hydrogen-bond donors (Lipinski definition) is 4. The lowest BCUT2D eigenvalue weighted by atomic mass is 9.44. The monoisotopic (exact) mass is 2120 g/mol. The van der Waals surface area contributed by atoms with Crippen molar-refractivity contribution in [1.29, 1.82) is 0 Å². The van der Waals surface area contributed by atoms with Crippen molar-refractivity contribution in [3.8, 4) is 0 Å². The number of ether oxygens (including phenoxy) is 33. The lowest BCUT2D eigenvalue weighted by molar-refractivity contribution is -0.401. The highest BCUT2D eigenvalue weighted by molar-refractivity contribution is 5.76. The summed E-state index contributed by atoms with van der Waals surface area (Å²) in [4.78, 5) is 30.1. The van der Waals surface area contributed by atoms with Gasteiger partial charge in [-0.1, -0.05) is 41.5 Å². The van der Waals surface area contributed by atoms with E-state index in [1.807, 2.05) is 0 Å². The van der Waals surface area contributed by atoms with Crippen molar-refractivity contribution in [3.05, 3.63) is 0 Å². The second kappa shape index (κ2) is 52.3. The average molecular weight is 2120 g/mol. The van der Waals surface area contributed by atoms with Crippen molar-refractivity contribution in [3.63, 3.8) is 0 Å². The minimum Gasteiger partial charge on any atom is -0.393 e. The molecule has 53 atom stereocenters. The molecule has 0 spiro atoms. The van der Waals surface area contributed by atoms with Crippen molar-refractivity contribution in [2.45, 2.75) is 410 Å². The molecular weight excluding hydrogens is 1930 g/mol. The van der Waals surface area contributed by atoms with E-state index in [1.165, 1.54) is 199 Å². The lowest BCUT2D eigenvalue weighted by Gasteiger charge is -2.61. The van der Waals surface area contributed by atoms with Crippen molar-refractivity contribution >= 4 is 11.8 Å². The summed E-state index contributed by atoms with van der Waals surface area (Å²) in [5, 5.41) is 28.3. The Morgan fingerprint density at radius 3 is 0.716 bits per heavy atom. The van der Waals surface area contributed by atoms with E-state index in [4.69, 9.17) is 156 Å². The molecule has 21 saturated heterocycles. The summed E-state index contributed by atoms with van der Waals surface area (Å²) in [5.41, 5.74) is 0.832. The van der Waals surface area contributed by atoms with Gasteiger partial charge in [-0.2, -0.15) is 0 Å². The highest BCUT2D eigenvalue weighted by atomic mass is 16.8. The Labute approximate surface area is 878 Å². The van der Waals surface area contributed by atoms with Crippen molar-refractivity contribution in [2.75, 3.05) is 181 Å². The first-order valence-electron chi connectivity index (χ1n) is 55.4. The third kappa shape index (κ3) is 23.5. The normalized spacial score (nSPS) is 48.8. The van der Waals surface area contributed by atoms with E-state index in [0.29, 0.717) is 72.0 Å². The molecule has 2 amide bonds. The van der Waals surface area contributed by atoms with Gasteiger partial charge in [0, 0.05) is 161 Å². The Balaban J connectivity index is 0.714. The van der Waals surface area contributed by atoms with Crippen LogP contribution in [0.15, 0.2) is 0 Å². The van der Waals surface area contributed by atoms with Gasteiger partial charge in [-0.25, -0.2) is 0 Å². The van der Waals surface area contributed by atoms with Gasteiger partial charge < -0.3 is 177 Å². The maximum Gasteiger partial charge on any atom is 0.220 e. The third-order valence-electron chi connectivity index (χ3n) is 40.1. The van der Waals surface area contributed by atoms with E-state index in [-0.39, 0.29) is 116 Å². The molecule has 29 fully saturated rings. The van der Waals surface area contributed by atoms with Crippen molar-refractivity contribution in [1.82, 2.24) is 10.6 Å². The van der Waals surface area contributed by atoms with Gasteiger partial charge in [-0.05, 0) is 221 Å². The number of carbonyl (C=O) groups excluding carboxylic acids is 2. The molecule has 21 heterocycles. The molecule has 21 aliphatic heterocycles. The third-order valence-corrected chi connectivity index (χ3v) is 40.1. The van der Waals surface area contributed by atoms with Crippen LogP contribution in [0.25, 0.3) is 0 Å². The first-order chi connectivity index (χ1) is 71.4. The van der Waals surface area contributed by atoms with E-state index >= 15 is 9.59 Å². The molecule has 29 aliphatic rings. The number of amides is 2. The average Bonchev–Trinajstić information content (AvgIpc) is 1.22. The molecule has 8 aliphatic carbocycles. The molecule has 0 aromatic rings. The first kappa shape index (κ1) is 118. The molecule has 4 unspecified atom stereocenters. The molecule has 854 valence electrons. The smallest absolute Gasteiger partial charge is 0.220 e. The topological polar surface area (TPSA) is 403 Å². The van der Waals surface area contributed by atoms with Gasteiger partial charge in [-0.3, -0.25) is 9.59 Å². The largest absolute Gasteiger partial charge is 0.393 e. The summed E-state index contributed by atoms with van der Waals surface area (Å²) >= 11 is 0. The highest BCUT2D eigenvalue weighted by Crippen LogP contribution is 2.71. The summed E-state index contributed by atoms with van der Waals surface area (Å²) in [6.45, 7) is 14.2. The van der Waals surface area contributed by atoms with Crippen LogP contribution >= 0.6 is 0 Å². The number of carbonyl (C=O) groups is 2. The lowest BCUT2D eigenvalue weighted by Crippen LogP contribution is -2.69. The van der Waals surface area contributed by atoms with Gasteiger partial charge in [0.25, 0.3) is 0 Å². The molecule has 14 bridgehead atoms. The Morgan fingerprint density at radius 2 is 0.486 bits per heavy atom. The Hall–Kier alpha value is -2.46. The maximum atomic E-state index is 15.1. The van der Waals surface area contributed by atoms with Gasteiger partial charge >= 0.3 is 0 Å². The zero-order valence-corrected chi connectivity index (χ0v) is 93.0.